The molecule has 0 atom stereocenters. The van der Waals surface area contributed by atoms with E-state index in [0.717, 1.165) is 16.7 Å². The lowest BCUT2D eigenvalue weighted by Gasteiger charge is -2.17. The number of alkyl halides is 2. The standard InChI is InChI=1S/C21H23F2NO3/c1-4-26-19-13-17(9-11-18(19)27-21(22)23)14-24(3)20(25)12-10-16-7-5-15(2)6-8-16/h5-13,21H,4,14H2,1-3H3/b12-10+. The first-order chi connectivity index (χ1) is 12.9. The topological polar surface area (TPSA) is 38.8 Å². The normalized spacial score (nSPS) is 11.0. The van der Waals surface area contributed by atoms with Gasteiger partial charge in [-0.1, -0.05) is 35.9 Å². The smallest absolute Gasteiger partial charge is 0.387 e. The second-order valence-corrected chi connectivity index (χ2v) is 6.03. The van der Waals surface area contributed by atoms with E-state index in [1.165, 1.54) is 17.0 Å². The average Bonchev–Trinajstić information content (AvgIpc) is 2.63. The van der Waals surface area contributed by atoms with Gasteiger partial charge in [-0.05, 0) is 43.2 Å². The summed E-state index contributed by atoms with van der Waals surface area (Å²) in [4.78, 5) is 13.8. The Morgan fingerprint density at radius 3 is 2.48 bits per heavy atom. The molecule has 0 aliphatic heterocycles. The summed E-state index contributed by atoms with van der Waals surface area (Å²) < 4.78 is 34.7. The molecule has 1 amide bonds. The second-order valence-electron chi connectivity index (χ2n) is 6.03. The number of aryl methyl sites for hydroxylation is 1. The molecule has 2 rings (SSSR count). The van der Waals surface area contributed by atoms with Crippen molar-refractivity contribution >= 4 is 12.0 Å². The van der Waals surface area contributed by atoms with E-state index in [9.17, 15) is 13.6 Å². The van der Waals surface area contributed by atoms with Crippen molar-refractivity contribution in [3.8, 4) is 11.5 Å². The number of amides is 1. The molecule has 27 heavy (non-hydrogen) atoms. The lowest BCUT2D eigenvalue weighted by atomic mass is 10.1. The molecule has 0 heterocycles. The number of rotatable bonds is 8. The van der Waals surface area contributed by atoms with Gasteiger partial charge in [-0.3, -0.25) is 4.79 Å². The lowest BCUT2D eigenvalue weighted by Crippen LogP contribution is -2.24. The van der Waals surface area contributed by atoms with Crippen LogP contribution in [0.15, 0.2) is 48.5 Å². The van der Waals surface area contributed by atoms with E-state index < -0.39 is 6.61 Å². The molecule has 0 bridgehead atoms. The molecule has 0 unspecified atom stereocenters. The summed E-state index contributed by atoms with van der Waals surface area (Å²) in [5.41, 5.74) is 2.84. The van der Waals surface area contributed by atoms with Crippen LogP contribution < -0.4 is 9.47 Å². The molecular formula is C21H23F2NO3. The lowest BCUT2D eigenvalue weighted by molar-refractivity contribution is -0.125. The molecule has 2 aromatic carbocycles. The molecule has 0 aliphatic carbocycles. The van der Waals surface area contributed by atoms with E-state index in [2.05, 4.69) is 4.74 Å². The van der Waals surface area contributed by atoms with Crippen molar-refractivity contribution in [1.82, 2.24) is 4.90 Å². The summed E-state index contributed by atoms with van der Waals surface area (Å²) in [5, 5.41) is 0. The fraction of sp³-hybridized carbons (Fsp3) is 0.286. The van der Waals surface area contributed by atoms with E-state index in [0.29, 0.717) is 13.2 Å². The van der Waals surface area contributed by atoms with Crippen molar-refractivity contribution in [3.63, 3.8) is 0 Å². The molecule has 6 heteroatoms. The third-order valence-corrected chi connectivity index (χ3v) is 3.82. The van der Waals surface area contributed by atoms with Crippen LogP contribution in [0.3, 0.4) is 0 Å². The van der Waals surface area contributed by atoms with Gasteiger partial charge in [0.1, 0.15) is 0 Å². The maximum atomic E-state index is 12.5. The van der Waals surface area contributed by atoms with Crippen molar-refractivity contribution in [3.05, 3.63) is 65.2 Å². The van der Waals surface area contributed by atoms with Crippen LogP contribution >= 0.6 is 0 Å². The minimum Gasteiger partial charge on any atom is -0.490 e. The Morgan fingerprint density at radius 2 is 1.85 bits per heavy atom. The maximum absolute atomic E-state index is 12.5. The molecule has 0 spiro atoms. The minimum atomic E-state index is -2.92. The number of nitrogens with zero attached hydrogens (tertiary/aromatic N) is 1. The molecule has 0 radical (unpaired) electrons. The van der Waals surface area contributed by atoms with Crippen molar-refractivity contribution in [1.29, 1.82) is 0 Å². The van der Waals surface area contributed by atoms with Crippen molar-refractivity contribution in [2.24, 2.45) is 0 Å². The number of halogens is 2. The molecule has 0 saturated carbocycles. The molecule has 0 aliphatic rings. The van der Waals surface area contributed by atoms with E-state index in [1.807, 2.05) is 31.2 Å². The molecule has 0 N–H and O–H groups in total. The first-order valence-electron chi connectivity index (χ1n) is 8.59. The van der Waals surface area contributed by atoms with E-state index in [1.54, 1.807) is 32.2 Å². The van der Waals surface area contributed by atoms with Gasteiger partial charge in [0.2, 0.25) is 5.91 Å². The maximum Gasteiger partial charge on any atom is 0.387 e. The van der Waals surface area contributed by atoms with Crippen LogP contribution in [-0.2, 0) is 11.3 Å². The zero-order valence-electron chi connectivity index (χ0n) is 15.6. The number of hydrogen-bond acceptors (Lipinski definition) is 3. The Hall–Kier alpha value is -2.89. The summed E-state index contributed by atoms with van der Waals surface area (Å²) in [5.74, 6) is 0.0386. The monoisotopic (exact) mass is 375 g/mol. The van der Waals surface area contributed by atoms with Gasteiger partial charge < -0.3 is 14.4 Å². The first-order valence-corrected chi connectivity index (χ1v) is 8.59. The fourth-order valence-corrected chi connectivity index (χ4v) is 2.44. The van der Waals surface area contributed by atoms with Crippen LogP contribution in [0.1, 0.15) is 23.6 Å². The summed E-state index contributed by atoms with van der Waals surface area (Å²) in [6, 6.07) is 12.5. The van der Waals surface area contributed by atoms with Gasteiger partial charge in [0.25, 0.3) is 0 Å². The van der Waals surface area contributed by atoms with Gasteiger partial charge in [-0.25, -0.2) is 0 Å². The van der Waals surface area contributed by atoms with Gasteiger partial charge in [-0.15, -0.1) is 0 Å². The van der Waals surface area contributed by atoms with Gasteiger partial charge in [-0.2, -0.15) is 8.78 Å². The fourth-order valence-electron chi connectivity index (χ4n) is 2.44. The SMILES string of the molecule is CCOc1cc(CN(C)C(=O)/C=C/c2ccc(C)cc2)ccc1OC(F)F. The third-order valence-electron chi connectivity index (χ3n) is 3.82. The molecule has 2 aromatic rings. The largest absolute Gasteiger partial charge is 0.490 e. The molecular weight excluding hydrogens is 352 g/mol. The second kappa shape index (κ2) is 9.71. The van der Waals surface area contributed by atoms with Crippen molar-refractivity contribution in [2.45, 2.75) is 27.0 Å². The third kappa shape index (κ3) is 6.40. The molecule has 0 aromatic heterocycles. The van der Waals surface area contributed by atoms with E-state index in [-0.39, 0.29) is 17.4 Å². The summed E-state index contributed by atoms with van der Waals surface area (Å²) in [7, 11) is 1.67. The highest BCUT2D eigenvalue weighted by atomic mass is 19.3. The quantitative estimate of drug-likeness (QED) is 0.630. The summed E-state index contributed by atoms with van der Waals surface area (Å²) in [6.07, 6.45) is 3.26. The van der Waals surface area contributed by atoms with E-state index in [4.69, 9.17) is 4.74 Å². The Labute approximate surface area is 158 Å². The highest BCUT2D eigenvalue weighted by Gasteiger charge is 2.13. The number of likely N-dealkylation sites (N-methyl/N-ethyl adjacent to an activating group) is 1. The van der Waals surface area contributed by atoms with Crippen LogP contribution in [0, 0.1) is 6.92 Å². The molecule has 4 nitrogen and oxygen atoms in total. The van der Waals surface area contributed by atoms with Crippen LogP contribution in [0.4, 0.5) is 8.78 Å². The van der Waals surface area contributed by atoms with Gasteiger partial charge in [0, 0.05) is 19.7 Å². The Kier molecular flexibility index (Phi) is 7.34. The number of ether oxygens (including phenoxy) is 2. The highest BCUT2D eigenvalue weighted by molar-refractivity contribution is 5.91. The van der Waals surface area contributed by atoms with Crippen molar-refractivity contribution < 1.29 is 23.0 Å². The van der Waals surface area contributed by atoms with E-state index >= 15 is 0 Å². The van der Waals surface area contributed by atoms with Crippen molar-refractivity contribution in [2.75, 3.05) is 13.7 Å². The van der Waals surface area contributed by atoms with Crippen LogP contribution in [0.5, 0.6) is 11.5 Å². The minimum absolute atomic E-state index is 0.0242. The summed E-state index contributed by atoms with van der Waals surface area (Å²) >= 11 is 0. The van der Waals surface area contributed by atoms with Gasteiger partial charge >= 0.3 is 6.61 Å². The Balaban J connectivity index is 2.05. The Bertz CT molecular complexity index is 789. The number of benzene rings is 2. The molecule has 144 valence electrons. The van der Waals surface area contributed by atoms with Crippen LogP contribution in [0.25, 0.3) is 6.08 Å². The van der Waals surface area contributed by atoms with Gasteiger partial charge in [0.15, 0.2) is 11.5 Å². The number of carbonyl (C=O) groups excluding carboxylic acids is 1. The van der Waals surface area contributed by atoms with Crippen LogP contribution in [0.2, 0.25) is 0 Å². The first kappa shape index (κ1) is 20.4. The highest BCUT2D eigenvalue weighted by Crippen LogP contribution is 2.30. The predicted octanol–water partition coefficient (Wildman–Crippen LogP) is 4.67. The predicted molar refractivity (Wildman–Crippen MR) is 101 cm³/mol. The average molecular weight is 375 g/mol. The zero-order valence-corrected chi connectivity index (χ0v) is 15.6. The zero-order chi connectivity index (χ0) is 19.8. The van der Waals surface area contributed by atoms with Gasteiger partial charge in [0.05, 0.1) is 6.61 Å². The number of carbonyl (C=O) groups is 1. The summed E-state index contributed by atoms with van der Waals surface area (Å²) in [6.45, 7) is 1.46. The Morgan fingerprint density at radius 1 is 1.15 bits per heavy atom. The van der Waals surface area contributed by atoms with Crippen LogP contribution in [-0.4, -0.2) is 31.1 Å². The molecule has 0 saturated heterocycles. The number of hydrogen-bond donors (Lipinski definition) is 0. The molecule has 0 fully saturated rings.